The minimum atomic E-state index is -0.972. The smallest absolute Gasteiger partial charge is 0.339 e. The molecule has 2 rings (SSSR count). The number of carbonyl (C=O) groups is 1. The monoisotopic (exact) mass is 336 g/mol. The van der Waals surface area contributed by atoms with Crippen molar-refractivity contribution in [1.82, 2.24) is 5.06 Å². The molecule has 2 amide bonds. The molecule has 0 radical (unpaired) electrons. The Morgan fingerprint density at radius 2 is 1.75 bits per heavy atom. The highest BCUT2D eigenvalue weighted by Gasteiger charge is 2.23. The van der Waals surface area contributed by atoms with Gasteiger partial charge in [0.2, 0.25) is 0 Å². The number of hydrogen-bond acceptors (Lipinski definition) is 6. The summed E-state index contributed by atoms with van der Waals surface area (Å²) in [6.45, 7) is 1.58. The lowest BCUT2D eigenvalue weighted by atomic mass is 10.1. The average molecular weight is 336 g/mol. The number of furan rings is 1. The van der Waals surface area contributed by atoms with E-state index in [1.807, 2.05) is 0 Å². The van der Waals surface area contributed by atoms with Crippen LogP contribution >= 0.6 is 0 Å². The number of nitrogens with two attached hydrogens (primary N) is 1. The SMILES string of the molecule is COc1cc(OC)c(-c2ccc(C(C)N(O)C(N)=O)o2)c(OC)c1. The van der Waals surface area contributed by atoms with Crippen molar-refractivity contribution >= 4 is 6.03 Å². The summed E-state index contributed by atoms with van der Waals surface area (Å²) < 4.78 is 21.7. The summed E-state index contributed by atoms with van der Waals surface area (Å²) >= 11 is 0. The van der Waals surface area contributed by atoms with E-state index in [0.29, 0.717) is 39.4 Å². The molecule has 8 heteroatoms. The lowest BCUT2D eigenvalue weighted by Gasteiger charge is -2.18. The predicted molar refractivity (Wildman–Crippen MR) is 85.4 cm³/mol. The first kappa shape index (κ1) is 17.5. The molecule has 1 heterocycles. The van der Waals surface area contributed by atoms with E-state index in [0.717, 1.165) is 0 Å². The fourth-order valence-corrected chi connectivity index (χ4v) is 2.27. The Balaban J connectivity index is 2.48. The van der Waals surface area contributed by atoms with Crippen molar-refractivity contribution in [1.29, 1.82) is 0 Å². The molecule has 0 bridgehead atoms. The molecule has 1 aromatic heterocycles. The zero-order valence-electron chi connectivity index (χ0n) is 13.9. The number of primary amides is 1. The second-order valence-electron chi connectivity index (χ2n) is 4.97. The van der Waals surface area contributed by atoms with Crippen molar-refractivity contribution in [2.75, 3.05) is 21.3 Å². The molecule has 8 nitrogen and oxygen atoms in total. The zero-order chi connectivity index (χ0) is 17.9. The Bertz CT molecular complexity index is 702. The third kappa shape index (κ3) is 3.23. The molecule has 0 aliphatic heterocycles. The number of methoxy groups -OCH3 is 3. The van der Waals surface area contributed by atoms with Crippen LogP contribution in [-0.2, 0) is 0 Å². The van der Waals surface area contributed by atoms with E-state index >= 15 is 0 Å². The highest BCUT2D eigenvalue weighted by atomic mass is 16.5. The van der Waals surface area contributed by atoms with Gasteiger partial charge in [-0.1, -0.05) is 0 Å². The quantitative estimate of drug-likeness (QED) is 0.620. The molecule has 0 saturated heterocycles. The van der Waals surface area contributed by atoms with Crippen molar-refractivity contribution in [3.05, 3.63) is 30.0 Å². The Hall–Kier alpha value is -2.87. The molecule has 0 aliphatic carbocycles. The Morgan fingerprint density at radius 3 is 2.21 bits per heavy atom. The Labute approximate surface area is 139 Å². The van der Waals surface area contributed by atoms with Crippen LogP contribution in [0.5, 0.6) is 17.2 Å². The van der Waals surface area contributed by atoms with Gasteiger partial charge >= 0.3 is 6.03 Å². The summed E-state index contributed by atoms with van der Waals surface area (Å²) in [6.07, 6.45) is 0. The van der Waals surface area contributed by atoms with Gasteiger partial charge in [-0.2, -0.15) is 5.06 Å². The van der Waals surface area contributed by atoms with E-state index in [2.05, 4.69) is 0 Å². The van der Waals surface area contributed by atoms with Gasteiger partial charge in [0.25, 0.3) is 0 Å². The molecular formula is C16H20N2O6. The van der Waals surface area contributed by atoms with Crippen LogP contribution in [0.2, 0.25) is 0 Å². The lowest BCUT2D eigenvalue weighted by Crippen LogP contribution is -2.34. The van der Waals surface area contributed by atoms with Crippen molar-refractivity contribution < 1.29 is 28.6 Å². The van der Waals surface area contributed by atoms with E-state index in [1.54, 1.807) is 38.3 Å². The normalized spacial score (nSPS) is 11.7. The minimum Gasteiger partial charge on any atom is -0.496 e. The molecule has 3 N–H and O–H groups in total. The third-order valence-electron chi connectivity index (χ3n) is 3.59. The van der Waals surface area contributed by atoms with E-state index in [4.69, 9.17) is 24.4 Å². The summed E-state index contributed by atoms with van der Waals surface area (Å²) in [4.78, 5) is 11.1. The highest BCUT2D eigenvalue weighted by molar-refractivity contribution is 5.75. The highest BCUT2D eigenvalue weighted by Crippen LogP contribution is 2.43. The van der Waals surface area contributed by atoms with Crippen molar-refractivity contribution in [3.63, 3.8) is 0 Å². The van der Waals surface area contributed by atoms with E-state index in [1.165, 1.54) is 14.2 Å². The molecule has 1 aromatic carbocycles. The van der Waals surface area contributed by atoms with Crippen LogP contribution in [0.25, 0.3) is 11.3 Å². The topological polar surface area (TPSA) is 107 Å². The maximum Gasteiger partial charge on any atom is 0.339 e. The van der Waals surface area contributed by atoms with Crippen LogP contribution in [0.1, 0.15) is 18.7 Å². The van der Waals surface area contributed by atoms with Gasteiger partial charge < -0.3 is 24.4 Å². The second-order valence-corrected chi connectivity index (χ2v) is 4.97. The molecule has 1 atom stereocenters. The first-order valence-electron chi connectivity index (χ1n) is 7.10. The van der Waals surface area contributed by atoms with Gasteiger partial charge in [0.15, 0.2) is 0 Å². The zero-order valence-corrected chi connectivity index (χ0v) is 13.9. The summed E-state index contributed by atoms with van der Waals surface area (Å²) in [5.41, 5.74) is 5.64. The first-order valence-corrected chi connectivity index (χ1v) is 7.10. The maximum absolute atomic E-state index is 11.1. The van der Waals surface area contributed by atoms with Crippen LogP contribution in [0.3, 0.4) is 0 Å². The Kier molecular flexibility index (Phi) is 5.20. The number of ether oxygens (including phenoxy) is 3. The van der Waals surface area contributed by atoms with Gasteiger partial charge in [-0.3, -0.25) is 5.21 Å². The van der Waals surface area contributed by atoms with Gasteiger partial charge in [0, 0.05) is 12.1 Å². The molecule has 130 valence electrons. The van der Waals surface area contributed by atoms with Gasteiger partial charge in [0.05, 0.1) is 21.3 Å². The largest absolute Gasteiger partial charge is 0.496 e. The number of benzene rings is 1. The minimum absolute atomic E-state index is 0.353. The van der Waals surface area contributed by atoms with Crippen LogP contribution in [0.4, 0.5) is 4.79 Å². The van der Waals surface area contributed by atoms with E-state index < -0.39 is 12.1 Å². The number of urea groups is 1. The number of hydrogen-bond donors (Lipinski definition) is 2. The molecule has 24 heavy (non-hydrogen) atoms. The maximum atomic E-state index is 11.1. The second kappa shape index (κ2) is 7.14. The van der Waals surface area contributed by atoms with Crippen molar-refractivity contribution in [2.45, 2.75) is 13.0 Å². The number of rotatable bonds is 6. The van der Waals surface area contributed by atoms with Crippen LogP contribution in [-0.4, -0.2) is 37.6 Å². The number of nitrogens with zero attached hydrogens (tertiary/aromatic N) is 1. The molecule has 0 fully saturated rings. The van der Waals surface area contributed by atoms with Gasteiger partial charge in [-0.05, 0) is 19.1 Å². The molecule has 2 aromatic rings. The fourth-order valence-electron chi connectivity index (χ4n) is 2.27. The van der Waals surface area contributed by atoms with Crippen molar-refractivity contribution in [2.24, 2.45) is 5.73 Å². The van der Waals surface area contributed by atoms with Crippen molar-refractivity contribution in [3.8, 4) is 28.6 Å². The van der Waals surface area contributed by atoms with Crippen LogP contribution in [0.15, 0.2) is 28.7 Å². The van der Waals surface area contributed by atoms with E-state index in [9.17, 15) is 10.0 Å². The Morgan fingerprint density at radius 1 is 1.17 bits per heavy atom. The first-order chi connectivity index (χ1) is 11.4. The summed E-state index contributed by atoms with van der Waals surface area (Å²) in [6, 6.07) is 5.01. The van der Waals surface area contributed by atoms with Crippen LogP contribution < -0.4 is 19.9 Å². The summed E-state index contributed by atoms with van der Waals surface area (Å²) in [5, 5.41) is 10.0. The molecule has 0 saturated carbocycles. The van der Waals surface area contributed by atoms with E-state index in [-0.39, 0.29) is 0 Å². The number of carbonyl (C=O) groups excluding carboxylic acids is 1. The van der Waals surface area contributed by atoms with Gasteiger partial charge in [-0.25, -0.2) is 4.79 Å². The molecule has 0 aliphatic rings. The predicted octanol–water partition coefficient (Wildman–Crippen LogP) is 2.80. The fraction of sp³-hybridized carbons (Fsp3) is 0.312. The summed E-state index contributed by atoms with van der Waals surface area (Å²) in [5.74, 6) is 2.37. The molecule has 0 spiro atoms. The lowest BCUT2D eigenvalue weighted by molar-refractivity contribution is -0.0760. The average Bonchev–Trinajstić information content (AvgIpc) is 3.08. The van der Waals surface area contributed by atoms with Gasteiger partial charge in [-0.15, -0.1) is 0 Å². The standard InChI is InChI=1S/C16H20N2O6/c1-9(18(20)16(17)19)11-5-6-12(24-11)15-13(22-3)7-10(21-2)8-14(15)23-4/h5-9,20H,1-4H3,(H2,17,19). The number of hydroxylamine groups is 2. The summed E-state index contributed by atoms with van der Waals surface area (Å²) in [7, 11) is 4.58. The number of amides is 2. The molecular weight excluding hydrogens is 316 g/mol. The van der Waals surface area contributed by atoms with Gasteiger partial charge in [0.1, 0.15) is 40.4 Å². The van der Waals surface area contributed by atoms with Crippen LogP contribution in [0, 0.1) is 0 Å². The molecule has 1 unspecified atom stereocenters. The third-order valence-corrected chi connectivity index (χ3v) is 3.59.